The van der Waals surface area contributed by atoms with Crippen molar-refractivity contribution in [3.05, 3.63) is 57.3 Å². The van der Waals surface area contributed by atoms with Crippen LogP contribution in [0.2, 0.25) is 0 Å². The molecule has 0 fully saturated rings. The molecule has 30 heavy (non-hydrogen) atoms. The third kappa shape index (κ3) is 3.65. The van der Waals surface area contributed by atoms with Crippen LogP contribution in [0.25, 0.3) is 11.3 Å². The third-order valence-corrected chi connectivity index (χ3v) is 6.82. The third-order valence-electron chi connectivity index (χ3n) is 5.75. The maximum absolute atomic E-state index is 12.7. The summed E-state index contributed by atoms with van der Waals surface area (Å²) in [5.74, 6) is 1.39. The summed E-state index contributed by atoms with van der Waals surface area (Å²) in [6.07, 6.45) is 5.22. The number of thiophene rings is 1. The van der Waals surface area contributed by atoms with E-state index in [1.807, 2.05) is 18.2 Å². The van der Waals surface area contributed by atoms with Crippen LogP contribution in [0.15, 0.2) is 35.7 Å². The van der Waals surface area contributed by atoms with Crippen LogP contribution in [-0.4, -0.2) is 35.9 Å². The van der Waals surface area contributed by atoms with Crippen LogP contribution in [0.5, 0.6) is 11.6 Å². The Morgan fingerprint density at radius 3 is 2.93 bits per heavy atom. The number of hydrogen-bond donors (Lipinski definition) is 1. The van der Waals surface area contributed by atoms with Crippen LogP contribution in [-0.2, 0) is 19.3 Å². The highest BCUT2D eigenvalue weighted by Crippen LogP contribution is 2.33. The Kier molecular flexibility index (Phi) is 5.12. The van der Waals surface area contributed by atoms with E-state index in [-0.39, 0.29) is 12.0 Å². The summed E-state index contributed by atoms with van der Waals surface area (Å²) in [5, 5.41) is 13.5. The minimum absolute atomic E-state index is 0.0249. The van der Waals surface area contributed by atoms with Gasteiger partial charge in [0.1, 0.15) is 11.9 Å². The van der Waals surface area contributed by atoms with Gasteiger partial charge in [-0.3, -0.25) is 4.79 Å². The number of hydrogen-bond acceptors (Lipinski definition) is 6. The lowest BCUT2D eigenvalue weighted by atomic mass is 9.94. The van der Waals surface area contributed by atoms with Crippen molar-refractivity contribution in [3.8, 4) is 22.9 Å². The Bertz CT molecular complexity index is 1080. The Morgan fingerprint density at radius 2 is 2.10 bits per heavy atom. The SMILES string of the molecule is COc1ccc(-c2ccc3c(c2)CC(CNC(=O)c2scc4c2CCCC4)O3)nn1. The van der Waals surface area contributed by atoms with Gasteiger partial charge in [-0.15, -0.1) is 21.5 Å². The quantitative estimate of drug-likeness (QED) is 0.678. The molecule has 7 heteroatoms. The molecule has 6 nitrogen and oxygen atoms in total. The van der Waals surface area contributed by atoms with Gasteiger partial charge in [0.05, 0.1) is 24.2 Å². The van der Waals surface area contributed by atoms with Crippen LogP contribution in [0, 0.1) is 0 Å². The van der Waals surface area contributed by atoms with Gasteiger partial charge in [-0.05, 0) is 72.0 Å². The van der Waals surface area contributed by atoms with Crippen molar-refractivity contribution in [1.82, 2.24) is 15.5 Å². The highest BCUT2D eigenvalue weighted by molar-refractivity contribution is 7.12. The van der Waals surface area contributed by atoms with Crippen molar-refractivity contribution in [2.24, 2.45) is 0 Å². The van der Waals surface area contributed by atoms with E-state index in [1.165, 1.54) is 24.0 Å². The summed E-state index contributed by atoms with van der Waals surface area (Å²) in [4.78, 5) is 13.6. The molecule has 0 saturated heterocycles. The van der Waals surface area contributed by atoms with Crippen molar-refractivity contribution in [3.63, 3.8) is 0 Å². The van der Waals surface area contributed by atoms with Gasteiger partial charge in [0, 0.05) is 18.1 Å². The van der Waals surface area contributed by atoms with E-state index in [0.29, 0.717) is 12.4 Å². The molecule has 0 radical (unpaired) electrons. The first-order valence-corrected chi connectivity index (χ1v) is 11.1. The van der Waals surface area contributed by atoms with Gasteiger partial charge in [-0.1, -0.05) is 0 Å². The number of carbonyl (C=O) groups is 1. The van der Waals surface area contributed by atoms with Crippen molar-refractivity contribution >= 4 is 17.2 Å². The van der Waals surface area contributed by atoms with E-state index < -0.39 is 0 Å². The topological polar surface area (TPSA) is 73.3 Å². The Balaban J connectivity index is 1.23. The van der Waals surface area contributed by atoms with E-state index in [0.717, 1.165) is 46.7 Å². The number of amides is 1. The zero-order valence-electron chi connectivity index (χ0n) is 16.8. The van der Waals surface area contributed by atoms with E-state index in [1.54, 1.807) is 24.5 Å². The van der Waals surface area contributed by atoms with E-state index in [4.69, 9.17) is 9.47 Å². The monoisotopic (exact) mass is 421 g/mol. The van der Waals surface area contributed by atoms with E-state index in [9.17, 15) is 4.79 Å². The largest absolute Gasteiger partial charge is 0.488 e. The molecule has 1 unspecified atom stereocenters. The molecular formula is C23H23N3O3S. The predicted octanol–water partition coefficient (Wildman–Crippen LogP) is 3.83. The number of aryl methyl sites for hydroxylation is 1. The lowest BCUT2D eigenvalue weighted by Crippen LogP contribution is -2.34. The summed E-state index contributed by atoms with van der Waals surface area (Å²) in [6, 6.07) is 9.72. The smallest absolute Gasteiger partial charge is 0.261 e. The van der Waals surface area contributed by atoms with Gasteiger partial charge in [0.2, 0.25) is 5.88 Å². The number of benzene rings is 1. The molecule has 0 saturated carbocycles. The van der Waals surface area contributed by atoms with Crippen molar-refractivity contribution in [1.29, 1.82) is 0 Å². The standard InChI is InChI=1S/C23H23N3O3S/c1-28-21-9-7-19(25-26-21)14-6-8-20-16(10-14)11-17(29-20)12-24-23(27)22-18-5-3-2-4-15(18)13-30-22/h6-10,13,17H,2-5,11-12H2,1H3,(H,24,27). The number of aromatic nitrogens is 2. The first-order valence-electron chi connectivity index (χ1n) is 10.3. The molecule has 1 aromatic carbocycles. The fraction of sp³-hybridized carbons (Fsp3) is 0.348. The van der Waals surface area contributed by atoms with Crippen molar-refractivity contribution in [2.75, 3.05) is 13.7 Å². The second-order valence-corrected chi connectivity index (χ2v) is 8.59. The van der Waals surface area contributed by atoms with Crippen LogP contribution in [0.3, 0.4) is 0 Å². The maximum atomic E-state index is 12.7. The highest BCUT2D eigenvalue weighted by Gasteiger charge is 2.25. The number of rotatable bonds is 5. The van der Waals surface area contributed by atoms with E-state index >= 15 is 0 Å². The Labute approximate surface area is 179 Å². The van der Waals surface area contributed by atoms with Gasteiger partial charge >= 0.3 is 0 Å². The summed E-state index contributed by atoms with van der Waals surface area (Å²) in [5.41, 5.74) is 5.51. The number of nitrogens with zero attached hydrogens (tertiary/aromatic N) is 2. The minimum Gasteiger partial charge on any atom is -0.488 e. The van der Waals surface area contributed by atoms with E-state index in [2.05, 4.69) is 27.0 Å². The second kappa shape index (κ2) is 8.07. The summed E-state index contributed by atoms with van der Waals surface area (Å²) >= 11 is 1.57. The first kappa shape index (κ1) is 19.1. The van der Waals surface area contributed by atoms with Crippen LogP contribution < -0.4 is 14.8 Å². The molecule has 3 aromatic rings. The number of methoxy groups -OCH3 is 1. The fourth-order valence-corrected chi connectivity index (χ4v) is 5.25. The number of ether oxygens (including phenoxy) is 2. The average molecular weight is 422 g/mol. The van der Waals surface area contributed by atoms with Gasteiger partial charge in [0.25, 0.3) is 5.91 Å². The molecular weight excluding hydrogens is 398 g/mol. The molecule has 1 aliphatic carbocycles. The molecule has 1 atom stereocenters. The Hall–Kier alpha value is -2.93. The normalized spacial score (nSPS) is 17.0. The Morgan fingerprint density at radius 1 is 1.20 bits per heavy atom. The molecule has 5 rings (SSSR count). The molecule has 0 spiro atoms. The number of fused-ring (bicyclic) bond motifs is 2. The average Bonchev–Trinajstić information content (AvgIpc) is 3.41. The number of nitrogens with one attached hydrogen (secondary N) is 1. The van der Waals surface area contributed by atoms with Crippen molar-refractivity contribution < 1.29 is 14.3 Å². The van der Waals surface area contributed by atoms with Crippen LogP contribution in [0.4, 0.5) is 0 Å². The summed E-state index contributed by atoms with van der Waals surface area (Å²) in [7, 11) is 1.57. The zero-order valence-corrected chi connectivity index (χ0v) is 17.6. The van der Waals surface area contributed by atoms with Crippen LogP contribution >= 0.6 is 11.3 Å². The molecule has 2 aliphatic rings. The summed E-state index contributed by atoms with van der Waals surface area (Å²) < 4.78 is 11.1. The molecule has 1 amide bonds. The lowest BCUT2D eigenvalue weighted by molar-refractivity contribution is 0.0936. The zero-order chi connectivity index (χ0) is 20.5. The fourth-order valence-electron chi connectivity index (χ4n) is 4.17. The molecule has 0 bridgehead atoms. The van der Waals surface area contributed by atoms with Gasteiger partial charge < -0.3 is 14.8 Å². The first-order chi connectivity index (χ1) is 14.7. The minimum atomic E-state index is -0.0584. The molecule has 3 heterocycles. The molecule has 2 aromatic heterocycles. The van der Waals surface area contributed by atoms with Gasteiger partial charge in [-0.2, -0.15) is 0 Å². The number of carbonyl (C=O) groups excluding carboxylic acids is 1. The second-order valence-electron chi connectivity index (χ2n) is 7.71. The van der Waals surface area contributed by atoms with Gasteiger partial charge in [0.15, 0.2) is 0 Å². The maximum Gasteiger partial charge on any atom is 0.261 e. The molecule has 1 N–H and O–H groups in total. The highest BCUT2D eigenvalue weighted by atomic mass is 32.1. The molecule has 1 aliphatic heterocycles. The van der Waals surface area contributed by atoms with Crippen LogP contribution in [0.1, 0.15) is 39.2 Å². The van der Waals surface area contributed by atoms with Gasteiger partial charge in [-0.25, -0.2) is 0 Å². The predicted molar refractivity (Wildman–Crippen MR) is 115 cm³/mol. The molecule has 154 valence electrons. The summed E-state index contributed by atoms with van der Waals surface area (Å²) in [6.45, 7) is 0.498. The lowest BCUT2D eigenvalue weighted by Gasteiger charge is -2.14. The van der Waals surface area contributed by atoms with Crippen molar-refractivity contribution in [2.45, 2.75) is 38.2 Å².